The summed E-state index contributed by atoms with van der Waals surface area (Å²) in [4.78, 5) is 24.2. The highest BCUT2D eigenvalue weighted by Crippen LogP contribution is 2.22. The van der Waals surface area contributed by atoms with E-state index in [2.05, 4.69) is 5.32 Å². The Kier molecular flexibility index (Phi) is 5.15. The van der Waals surface area contributed by atoms with Gasteiger partial charge in [0.1, 0.15) is 0 Å². The monoisotopic (exact) mass is 306 g/mol. The molecular weight excluding hydrogens is 284 g/mol. The van der Waals surface area contributed by atoms with E-state index in [0.29, 0.717) is 6.42 Å². The normalized spacial score (nSPS) is 25.1. The topological polar surface area (TPSA) is 104 Å². The molecule has 0 aliphatic carbocycles. The quantitative estimate of drug-likeness (QED) is 0.684. The second-order valence-electron chi connectivity index (χ2n) is 5.84. The highest BCUT2D eigenvalue weighted by Gasteiger charge is 2.39. The average molecular weight is 306 g/mol. The van der Waals surface area contributed by atoms with E-state index in [-0.39, 0.29) is 36.5 Å². The van der Waals surface area contributed by atoms with Crippen LogP contribution in [0, 0.1) is 0 Å². The summed E-state index contributed by atoms with van der Waals surface area (Å²) in [6.07, 6.45) is 0.391. The van der Waals surface area contributed by atoms with Crippen LogP contribution in [0.15, 0.2) is 0 Å². The molecule has 8 heteroatoms. The van der Waals surface area contributed by atoms with Crippen LogP contribution in [0.4, 0.5) is 0 Å². The highest BCUT2D eigenvalue weighted by atomic mass is 32.2. The van der Waals surface area contributed by atoms with Gasteiger partial charge in [0, 0.05) is 6.04 Å². The number of carbonyl (C=O) groups excluding carboxylic acids is 1. The minimum atomic E-state index is -3.09. The molecule has 1 rings (SSSR count). The molecule has 0 aromatic rings. The first-order valence-electron chi connectivity index (χ1n) is 6.50. The molecule has 1 unspecified atom stereocenters. The summed E-state index contributed by atoms with van der Waals surface area (Å²) in [5.41, 5.74) is -0.748. The molecule has 7 nitrogen and oxygen atoms in total. The predicted octanol–water partition coefficient (Wildman–Crippen LogP) is -0.525. The SMILES string of the molecule is CC(C)N(CC(=O)O)CC(=O)NC1(C)CCS(=O)(=O)C1. The molecule has 116 valence electrons. The van der Waals surface area contributed by atoms with Gasteiger partial charge in [0.15, 0.2) is 9.84 Å². The number of hydrogen-bond acceptors (Lipinski definition) is 5. The Hall–Kier alpha value is -1.15. The van der Waals surface area contributed by atoms with Crippen LogP contribution in [0.3, 0.4) is 0 Å². The minimum absolute atomic E-state index is 0.0559. The molecule has 20 heavy (non-hydrogen) atoms. The molecule has 0 aromatic heterocycles. The lowest BCUT2D eigenvalue weighted by Crippen LogP contribution is -2.51. The van der Waals surface area contributed by atoms with Crippen molar-refractivity contribution in [2.24, 2.45) is 0 Å². The predicted molar refractivity (Wildman–Crippen MR) is 74.2 cm³/mol. The van der Waals surface area contributed by atoms with E-state index in [1.54, 1.807) is 20.8 Å². The van der Waals surface area contributed by atoms with Crippen molar-refractivity contribution in [1.29, 1.82) is 0 Å². The van der Waals surface area contributed by atoms with Gasteiger partial charge in [-0.2, -0.15) is 0 Å². The number of carboxylic acid groups (broad SMARTS) is 1. The molecule has 1 fully saturated rings. The summed E-state index contributed by atoms with van der Waals surface area (Å²) >= 11 is 0. The van der Waals surface area contributed by atoms with Crippen LogP contribution >= 0.6 is 0 Å². The molecule has 0 aromatic carbocycles. The van der Waals surface area contributed by atoms with Gasteiger partial charge in [-0.1, -0.05) is 0 Å². The zero-order valence-electron chi connectivity index (χ0n) is 12.0. The molecule has 0 spiro atoms. The summed E-state index contributed by atoms with van der Waals surface area (Å²) in [6, 6.07) is -0.0861. The molecule has 0 bridgehead atoms. The first-order chi connectivity index (χ1) is 9.03. The van der Waals surface area contributed by atoms with Crippen molar-refractivity contribution >= 4 is 21.7 Å². The molecule has 0 radical (unpaired) electrons. The van der Waals surface area contributed by atoms with E-state index in [4.69, 9.17) is 5.11 Å². The maximum absolute atomic E-state index is 12.0. The Balaban J connectivity index is 2.60. The first kappa shape index (κ1) is 16.9. The number of sulfone groups is 1. The molecule has 1 atom stereocenters. The second kappa shape index (κ2) is 6.09. The molecule has 1 heterocycles. The molecule has 2 N–H and O–H groups in total. The lowest BCUT2D eigenvalue weighted by atomic mass is 10.0. The fourth-order valence-corrected chi connectivity index (χ4v) is 4.36. The zero-order valence-corrected chi connectivity index (χ0v) is 12.9. The molecule has 1 amide bonds. The van der Waals surface area contributed by atoms with Gasteiger partial charge < -0.3 is 10.4 Å². The summed E-state index contributed by atoms with van der Waals surface area (Å²) < 4.78 is 22.9. The summed E-state index contributed by atoms with van der Waals surface area (Å²) in [5, 5.41) is 11.5. The van der Waals surface area contributed by atoms with Crippen LogP contribution < -0.4 is 5.32 Å². The Bertz CT molecular complexity index is 488. The fourth-order valence-electron chi connectivity index (χ4n) is 2.26. The van der Waals surface area contributed by atoms with Crippen molar-refractivity contribution in [3.63, 3.8) is 0 Å². The van der Waals surface area contributed by atoms with Crippen molar-refractivity contribution < 1.29 is 23.1 Å². The van der Waals surface area contributed by atoms with Crippen LogP contribution in [0.1, 0.15) is 27.2 Å². The summed E-state index contributed by atoms with van der Waals surface area (Å²) in [7, 11) is -3.09. The molecule has 1 aliphatic heterocycles. The number of carbonyl (C=O) groups is 2. The molecule has 0 saturated carbocycles. The van der Waals surface area contributed by atoms with Crippen molar-refractivity contribution in [3.8, 4) is 0 Å². The maximum Gasteiger partial charge on any atom is 0.317 e. The Labute approximate surface area is 119 Å². The van der Waals surface area contributed by atoms with Crippen LogP contribution in [0.5, 0.6) is 0 Å². The third kappa shape index (κ3) is 5.09. The van der Waals surface area contributed by atoms with Gasteiger partial charge in [-0.15, -0.1) is 0 Å². The Morgan fingerprint density at radius 2 is 1.95 bits per heavy atom. The van der Waals surface area contributed by atoms with Gasteiger partial charge in [-0.3, -0.25) is 14.5 Å². The van der Waals surface area contributed by atoms with Gasteiger partial charge in [-0.25, -0.2) is 8.42 Å². The smallest absolute Gasteiger partial charge is 0.317 e. The van der Waals surface area contributed by atoms with E-state index in [1.807, 2.05) is 0 Å². The lowest BCUT2D eigenvalue weighted by Gasteiger charge is -2.28. The van der Waals surface area contributed by atoms with E-state index in [1.165, 1.54) is 4.90 Å². The number of rotatable bonds is 6. The third-order valence-corrected chi connectivity index (χ3v) is 5.26. The van der Waals surface area contributed by atoms with Crippen LogP contribution in [-0.2, 0) is 19.4 Å². The standard InChI is InChI=1S/C12H22N2O5S/c1-9(2)14(7-11(16)17)6-10(15)13-12(3)4-5-20(18,19)8-12/h9H,4-8H2,1-3H3,(H,13,15)(H,16,17). The van der Waals surface area contributed by atoms with E-state index in [0.717, 1.165) is 0 Å². The zero-order chi connectivity index (χ0) is 15.6. The number of carboxylic acids is 1. The maximum atomic E-state index is 12.0. The summed E-state index contributed by atoms with van der Waals surface area (Å²) in [6.45, 7) is 5.03. The van der Waals surface area contributed by atoms with Crippen molar-refractivity contribution in [1.82, 2.24) is 10.2 Å². The number of amides is 1. The molecule has 1 aliphatic rings. The first-order valence-corrected chi connectivity index (χ1v) is 8.32. The van der Waals surface area contributed by atoms with Crippen molar-refractivity contribution in [3.05, 3.63) is 0 Å². The van der Waals surface area contributed by atoms with Gasteiger partial charge in [0.05, 0.1) is 30.1 Å². The highest BCUT2D eigenvalue weighted by molar-refractivity contribution is 7.91. The Morgan fingerprint density at radius 3 is 2.35 bits per heavy atom. The molecular formula is C12H22N2O5S. The van der Waals surface area contributed by atoms with Gasteiger partial charge in [0.25, 0.3) is 0 Å². The van der Waals surface area contributed by atoms with Crippen LogP contribution in [0.2, 0.25) is 0 Å². The van der Waals surface area contributed by atoms with E-state index < -0.39 is 21.3 Å². The van der Waals surface area contributed by atoms with Gasteiger partial charge >= 0.3 is 5.97 Å². The van der Waals surface area contributed by atoms with Gasteiger partial charge in [-0.05, 0) is 27.2 Å². The average Bonchev–Trinajstić information content (AvgIpc) is 2.50. The Morgan fingerprint density at radius 1 is 1.35 bits per heavy atom. The fraction of sp³-hybridized carbons (Fsp3) is 0.833. The number of nitrogens with one attached hydrogen (secondary N) is 1. The van der Waals surface area contributed by atoms with E-state index >= 15 is 0 Å². The van der Waals surface area contributed by atoms with Crippen LogP contribution in [0.25, 0.3) is 0 Å². The van der Waals surface area contributed by atoms with Crippen molar-refractivity contribution in [2.45, 2.75) is 38.8 Å². The van der Waals surface area contributed by atoms with Gasteiger partial charge in [0.2, 0.25) is 5.91 Å². The number of hydrogen-bond donors (Lipinski definition) is 2. The second-order valence-corrected chi connectivity index (χ2v) is 8.03. The van der Waals surface area contributed by atoms with Crippen molar-refractivity contribution in [2.75, 3.05) is 24.6 Å². The number of nitrogens with zero attached hydrogens (tertiary/aromatic N) is 1. The van der Waals surface area contributed by atoms with Crippen LogP contribution in [-0.4, -0.2) is 66.5 Å². The minimum Gasteiger partial charge on any atom is -0.480 e. The largest absolute Gasteiger partial charge is 0.480 e. The van der Waals surface area contributed by atoms with E-state index in [9.17, 15) is 18.0 Å². The lowest BCUT2D eigenvalue weighted by molar-refractivity contribution is -0.139. The third-order valence-electron chi connectivity index (χ3n) is 3.36. The molecule has 1 saturated heterocycles. The summed E-state index contributed by atoms with van der Waals surface area (Å²) in [5.74, 6) is -1.33. The number of aliphatic carboxylic acids is 1.